The van der Waals surface area contributed by atoms with Crippen LogP contribution in [0.15, 0.2) is 57.8 Å². The van der Waals surface area contributed by atoms with Crippen LogP contribution < -0.4 is 5.56 Å². The number of benzene rings is 2. The van der Waals surface area contributed by atoms with Gasteiger partial charge in [0.15, 0.2) is 4.77 Å². The predicted octanol–water partition coefficient (Wildman–Crippen LogP) is 4.43. The second-order valence-electron chi connectivity index (χ2n) is 4.88. The molecule has 0 bridgehead atoms. The van der Waals surface area contributed by atoms with Crippen molar-refractivity contribution in [3.05, 3.63) is 73.7 Å². The zero-order valence-corrected chi connectivity index (χ0v) is 13.7. The average Bonchev–Trinajstić information content (AvgIpc) is 2.49. The maximum Gasteiger partial charge on any atom is 0.262 e. The van der Waals surface area contributed by atoms with Gasteiger partial charge in [0.25, 0.3) is 5.56 Å². The Hall–Kier alpha value is -1.72. The van der Waals surface area contributed by atoms with E-state index >= 15 is 0 Å². The van der Waals surface area contributed by atoms with Crippen molar-refractivity contribution in [1.82, 2.24) is 9.55 Å². The number of aromatic amines is 1. The van der Waals surface area contributed by atoms with Crippen LogP contribution in [0.4, 0.5) is 0 Å². The fourth-order valence-electron chi connectivity index (χ4n) is 2.43. The first kappa shape index (κ1) is 14.2. The Morgan fingerprint density at radius 1 is 1.19 bits per heavy atom. The Morgan fingerprint density at radius 3 is 2.62 bits per heavy atom. The Bertz CT molecular complexity index is 915. The van der Waals surface area contributed by atoms with E-state index in [9.17, 15) is 4.79 Å². The lowest BCUT2D eigenvalue weighted by Crippen LogP contribution is -2.25. The summed E-state index contributed by atoms with van der Waals surface area (Å²) in [6.45, 7) is 1.98. The minimum atomic E-state index is -0.120. The number of aromatic nitrogens is 2. The van der Waals surface area contributed by atoms with Crippen LogP contribution in [0, 0.1) is 4.77 Å². The van der Waals surface area contributed by atoms with Crippen molar-refractivity contribution < 1.29 is 0 Å². The lowest BCUT2D eigenvalue weighted by atomic mass is 10.1. The highest BCUT2D eigenvalue weighted by atomic mass is 79.9. The predicted molar refractivity (Wildman–Crippen MR) is 91.3 cm³/mol. The molecule has 1 aromatic heterocycles. The van der Waals surface area contributed by atoms with Crippen LogP contribution in [-0.2, 0) is 0 Å². The molecule has 0 saturated carbocycles. The van der Waals surface area contributed by atoms with Gasteiger partial charge in [0, 0.05) is 4.47 Å². The van der Waals surface area contributed by atoms with Gasteiger partial charge in [-0.15, -0.1) is 0 Å². The van der Waals surface area contributed by atoms with Crippen molar-refractivity contribution in [2.24, 2.45) is 0 Å². The molecule has 0 radical (unpaired) electrons. The van der Waals surface area contributed by atoms with Gasteiger partial charge in [0.1, 0.15) is 0 Å². The molecule has 0 spiro atoms. The molecule has 0 aliphatic carbocycles. The third kappa shape index (κ3) is 2.59. The average molecular weight is 361 g/mol. The molecule has 1 atom stereocenters. The summed E-state index contributed by atoms with van der Waals surface area (Å²) in [6.07, 6.45) is 0. The van der Waals surface area contributed by atoms with E-state index in [2.05, 4.69) is 20.9 Å². The largest absolute Gasteiger partial charge is 0.332 e. The lowest BCUT2D eigenvalue weighted by molar-refractivity contribution is 0.600. The number of hydrogen-bond donors (Lipinski definition) is 1. The highest BCUT2D eigenvalue weighted by molar-refractivity contribution is 9.10. The number of halogens is 1. The van der Waals surface area contributed by atoms with E-state index in [0.29, 0.717) is 10.2 Å². The van der Waals surface area contributed by atoms with Crippen LogP contribution in [0.1, 0.15) is 18.5 Å². The van der Waals surface area contributed by atoms with Crippen molar-refractivity contribution in [2.75, 3.05) is 0 Å². The van der Waals surface area contributed by atoms with Gasteiger partial charge in [-0.25, -0.2) is 0 Å². The van der Waals surface area contributed by atoms with Crippen molar-refractivity contribution in [2.45, 2.75) is 13.0 Å². The van der Waals surface area contributed by atoms with Gasteiger partial charge in [-0.2, -0.15) is 0 Å². The molecule has 1 heterocycles. The van der Waals surface area contributed by atoms with Crippen LogP contribution in [0.5, 0.6) is 0 Å². The molecule has 1 N–H and O–H groups in total. The van der Waals surface area contributed by atoms with Gasteiger partial charge in [-0.05, 0) is 42.9 Å². The third-order valence-electron chi connectivity index (χ3n) is 3.56. The summed E-state index contributed by atoms with van der Waals surface area (Å²) < 4.78 is 2.93. The molecular weight excluding hydrogens is 348 g/mol. The first-order chi connectivity index (χ1) is 10.1. The van der Waals surface area contributed by atoms with Gasteiger partial charge in [-0.1, -0.05) is 46.3 Å². The maximum atomic E-state index is 12.8. The summed E-state index contributed by atoms with van der Waals surface area (Å²) >= 11 is 8.78. The minimum Gasteiger partial charge on any atom is -0.332 e. The van der Waals surface area contributed by atoms with E-state index in [0.717, 1.165) is 15.6 Å². The summed E-state index contributed by atoms with van der Waals surface area (Å²) in [5, 5.41) is 0.626. The van der Waals surface area contributed by atoms with E-state index < -0.39 is 0 Å². The quantitative estimate of drug-likeness (QED) is 0.686. The topological polar surface area (TPSA) is 37.8 Å². The zero-order valence-electron chi connectivity index (χ0n) is 11.3. The molecule has 0 unspecified atom stereocenters. The molecule has 5 heteroatoms. The van der Waals surface area contributed by atoms with Gasteiger partial charge in [-0.3, -0.25) is 9.36 Å². The first-order valence-electron chi connectivity index (χ1n) is 6.57. The third-order valence-corrected chi connectivity index (χ3v) is 4.35. The van der Waals surface area contributed by atoms with Crippen molar-refractivity contribution >= 4 is 39.1 Å². The Kier molecular flexibility index (Phi) is 3.78. The number of hydrogen-bond acceptors (Lipinski definition) is 2. The van der Waals surface area contributed by atoms with E-state index in [1.165, 1.54) is 0 Å². The van der Waals surface area contributed by atoms with Crippen molar-refractivity contribution in [3.8, 4) is 0 Å². The van der Waals surface area contributed by atoms with Gasteiger partial charge >= 0.3 is 0 Å². The fourth-order valence-corrected chi connectivity index (χ4v) is 3.14. The fraction of sp³-hybridized carbons (Fsp3) is 0.125. The van der Waals surface area contributed by atoms with Gasteiger partial charge in [0.05, 0.1) is 16.9 Å². The zero-order chi connectivity index (χ0) is 15.0. The molecule has 21 heavy (non-hydrogen) atoms. The summed E-state index contributed by atoms with van der Waals surface area (Å²) in [5.74, 6) is 0. The summed E-state index contributed by atoms with van der Waals surface area (Å²) in [5.41, 5.74) is 1.73. The Labute approximate surface area is 135 Å². The number of fused-ring (bicyclic) bond motifs is 1. The molecule has 0 fully saturated rings. The van der Waals surface area contributed by atoms with E-state index in [1.807, 2.05) is 55.5 Å². The van der Waals surface area contributed by atoms with Crippen LogP contribution in [0.3, 0.4) is 0 Å². The number of nitrogens with zero attached hydrogens (tertiary/aromatic N) is 1. The molecule has 2 aromatic carbocycles. The smallest absolute Gasteiger partial charge is 0.262 e. The molecule has 0 aliphatic heterocycles. The normalized spacial score (nSPS) is 12.5. The molecule has 0 saturated heterocycles. The van der Waals surface area contributed by atoms with Crippen LogP contribution in [-0.4, -0.2) is 9.55 Å². The van der Waals surface area contributed by atoms with E-state index in [1.54, 1.807) is 4.57 Å². The first-order valence-corrected chi connectivity index (χ1v) is 7.77. The van der Waals surface area contributed by atoms with Crippen molar-refractivity contribution in [1.29, 1.82) is 0 Å². The minimum absolute atomic E-state index is 0.0774. The number of H-pyrrole nitrogens is 1. The molecule has 3 nitrogen and oxygen atoms in total. The van der Waals surface area contributed by atoms with E-state index in [-0.39, 0.29) is 11.6 Å². The molecule has 3 aromatic rings. The number of nitrogens with one attached hydrogen (secondary N) is 1. The Morgan fingerprint density at radius 2 is 1.90 bits per heavy atom. The molecule has 0 aliphatic rings. The monoisotopic (exact) mass is 360 g/mol. The van der Waals surface area contributed by atoms with Crippen LogP contribution in [0.2, 0.25) is 0 Å². The highest BCUT2D eigenvalue weighted by Crippen LogP contribution is 2.19. The molecule has 0 amide bonds. The summed E-state index contributed by atoms with van der Waals surface area (Å²) in [7, 11) is 0. The van der Waals surface area contributed by atoms with E-state index in [4.69, 9.17) is 12.2 Å². The maximum absolute atomic E-state index is 12.8. The highest BCUT2D eigenvalue weighted by Gasteiger charge is 2.13. The Balaban J connectivity index is 2.28. The van der Waals surface area contributed by atoms with Gasteiger partial charge in [0.2, 0.25) is 0 Å². The second-order valence-corrected chi connectivity index (χ2v) is 6.18. The standard InChI is InChI=1S/C16H13BrN2OS/c1-10(11-5-3-2-4-6-11)19-15(20)13-9-12(17)7-8-14(13)18-16(19)21/h2-10H,1H3,(H,18,21)/t10-/m0/s1. The van der Waals surface area contributed by atoms with Crippen LogP contribution >= 0.6 is 28.1 Å². The summed E-state index contributed by atoms with van der Waals surface area (Å²) in [4.78, 5) is 15.9. The molecule has 106 valence electrons. The van der Waals surface area contributed by atoms with Gasteiger partial charge < -0.3 is 4.98 Å². The second kappa shape index (κ2) is 5.58. The van der Waals surface area contributed by atoms with Crippen LogP contribution in [0.25, 0.3) is 10.9 Å². The summed E-state index contributed by atoms with van der Waals surface area (Å²) in [6, 6.07) is 15.3. The lowest BCUT2D eigenvalue weighted by Gasteiger charge is -2.16. The number of rotatable bonds is 2. The SMILES string of the molecule is C[C@@H](c1ccccc1)n1c(=S)[nH]c2ccc(Br)cc2c1=O. The molecule has 3 rings (SSSR count). The van der Waals surface area contributed by atoms with Crippen molar-refractivity contribution in [3.63, 3.8) is 0 Å². The molecular formula is C16H13BrN2OS.